The van der Waals surface area contributed by atoms with Gasteiger partial charge in [0, 0.05) is 30.2 Å². The number of aromatic amines is 1. The monoisotopic (exact) mass is 366 g/mol. The molecule has 1 aromatic carbocycles. The highest BCUT2D eigenvalue weighted by atomic mass is 32.2. The summed E-state index contributed by atoms with van der Waals surface area (Å²) in [6.07, 6.45) is 0.260. The first kappa shape index (κ1) is 18.1. The molecule has 0 bridgehead atoms. The molecule has 0 unspecified atom stereocenters. The van der Waals surface area contributed by atoms with Crippen LogP contribution in [0, 0.1) is 6.92 Å². The van der Waals surface area contributed by atoms with E-state index in [9.17, 15) is 13.2 Å². The summed E-state index contributed by atoms with van der Waals surface area (Å²) < 4.78 is 39.3. The van der Waals surface area contributed by atoms with Crippen LogP contribution in [-0.4, -0.2) is 45.4 Å². The summed E-state index contributed by atoms with van der Waals surface area (Å²) in [5.74, 6) is 0. The average Bonchev–Trinajstić information content (AvgIpc) is 2.56. The first-order chi connectivity index (χ1) is 11.9. The number of hydrogen-bond donors (Lipinski definition) is 2. The lowest BCUT2D eigenvalue weighted by molar-refractivity contribution is -0.0605. The molecule has 2 N–H and O–H groups in total. The number of nitrogens with one attached hydrogen (secondary N) is 2. The molecule has 0 saturated carbocycles. The molecule has 1 saturated heterocycles. The van der Waals surface area contributed by atoms with Crippen LogP contribution < -0.4 is 10.3 Å². The summed E-state index contributed by atoms with van der Waals surface area (Å²) in [6.45, 7) is 5.01. The molecule has 1 aliphatic heterocycles. The minimum atomic E-state index is -3.71. The Bertz CT molecular complexity index is 920. The molecular weight excluding hydrogens is 344 g/mol. The molecule has 0 aliphatic carbocycles. The third-order valence-corrected chi connectivity index (χ3v) is 5.81. The Morgan fingerprint density at radius 2 is 2.16 bits per heavy atom. The average molecular weight is 366 g/mol. The number of pyridine rings is 1. The van der Waals surface area contributed by atoms with Crippen LogP contribution >= 0.6 is 0 Å². The summed E-state index contributed by atoms with van der Waals surface area (Å²) in [5, 5.41) is 0.704. The van der Waals surface area contributed by atoms with Crippen LogP contribution in [0.25, 0.3) is 10.9 Å². The van der Waals surface area contributed by atoms with Gasteiger partial charge in [0.15, 0.2) is 0 Å². The van der Waals surface area contributed by atoms with Gasteiger partial charge in [0.1, 0.15) is 0 Å². The fourth-order valence-corrected chi connectivity index (χ4v) is 4.39. The quantitative estimate of drug-likeness (QED) is 0.831. The van der Waals surface area contributed by atoms with E-state index in [1.807, 2.05) is 6.92 Å². The van der Waals surface area contributed by atoms with Crippen molar-refractivity contribution in [2.45, 2.75) is 37.3 Å². The molecule has 0 amide bonds. The molecule has 1 aromatic heterocycles. The van der Waals surface area contributed by atoms with Crippen LogP contribution in [0.2, 0.25) is 0 Å². The summed E-state index contributed by atoms with van der Waals surface area (Å²) in [7, 11) is -3.71. The molecular formula is C17H22N2O5S. The Morgan fingerprint density at radius 3 is 2.92 bits per heavy atom. The molecule has 0 radical (unpaired) electrons. The first-order valence-corrected chi connectivity index (χ1v) is 9.74. The lowest BCUT2D eigenvalue weighted by atomic mass is 10.1. The van der Waals surface area contributed by atoms with Gasteiger partial charge in [-0.3, -0.25) is 4.79 Å². The van der Waals surface area contributed by atoms with Crippen molar-refractivity contribution in [3.63, 3.8) is 0 Å². The first-order valence-electron chi connectivity index (χ1n) is 8.26. The predicted octanol–water partition coefficient (Wildman–Crippen LogP) is 1.31. The van der Waals surface area contributed by atoms with Crippen LogP contribution in [0.1, 0.15) is 18.9 Å². The number of benzene rings is 1. The van der Waals surface area contributed by atoms with Gasteiger partial charge in [-0.15, -0.1) is 0 Å². The highest BCUT2D eigenvalue weighted by molar-refractivity contribution is 7.89. The van der Waals surface area contributed by atoms with Crippen LogP contribution in [0.5, 0.6) is 0 Å². The van der Waals surface area contributed by atoms with E-state index >= 15 is 0 Å². The van der Waals surface area contributed by atoms with Gasteiger partial charge in [0.25, 0.3) is 0 Å². The Balaban J connectivity index is 1.91. The van der Waals surface area contributed by atoms with Gasteiger partial charge < -0.3 is 14.5 Å². The van der Waals surface area contributed by atoms with E-state index in [2.05, 4.69) is 9.71 Å². The van der Waals surface area contributed by atoms with Crippen molar-refractivity contribution in [2.75, 3.05) is 19.8 Å². The largest absolute Gasteiger partial charge is 0.379 e. The molecule has 2 heterocycles. The number of rotatable bonds is 5. The summed E-state index contributed by atoms with van der Waals surface area (Å²) in [6, 6.07) is 5.82. The second-order valence-electron chi connectivity index (χ2n) is 6.11. The molecule has 7 nitrogen and oxygen atoms in total. The molecule has 136 valence electrons. The third-order valence-electron chi connectivity index (χ3n) is 4.32. The number of aryl methyl sites for hydroxylation is 1. The van der Waals surface area contributed by atoms with Crippen molar-refractivity contribution in [3.05, 3.63) is 40.2 Å². The topological polar surface area (TPSA) is 97.5 Å². The highest BCUT2D eigenvalue weighted by Gasteiger charge is 2.30. The van der Waals surface area contributed by atoms with Gasteiger partial charge in [0.05, 0.1) is 23.6 Å². The second kappa shape index (κ2) is 7.25. The van der Waals surface area contributed by atoms with Crippen molar-refractivity contribution in [1.82, 2.24) is 9.71 Å². The van der Waals surface area contributed by atoms with Crippen LogP contribution in [0.4, 0.5) is 0 Å². The fraction of sp³-hybridized carbons (Fsp3) is 0.471. The number of sulfonamides is 1. The molecule has 1 aliphatic rings. The SMILES string of the molecule is CCO[C@@H]1COCC[C@H]1NS(=O)(=O)c1ccc2[nH]c(=O)cc(C)c2c1. The minimum absolute atomic E-state index is 0.164. The molecule has 8 heteroatoms. The van der Waals surface area contributed by atoms with Crippen molar-refractivity contribution in [3.8, 4) is 0 Å². The number of ether oxygens (including phenoxy) is 2. The van der Waals surface area contributed by atoms with Gasteiger partial charge in [-0.05, 0) is 44.0 Å². The molecule has 1 fully saturated rings. The Morgan fingerprint density at radius 1 is 1.36 bits per heavy atom. The van der Waals surface area contributed by atoms with E-state index in [-0.39, 0.29) is 22.6 Å². The normalized spacial score (nSPS) is 21.5. The zero-order valence-electron chi connectivity index (χ0n) is 14.2. The highest BCUT2D eigenvalue weighted by Crippen LogP contribution is 2.21. The molecule has 0 spiro atoms. The fourth-order valence-electron chi connectivity index (χ4n) is 3.06. The third kappa shape index (κ3) is 3.92. The van der Waals surface area contributed by atoms with E-state index in [0.717, 1.165) is 5.56 Å². The van der Waals surface area contributed by atoms with Crippen molar-refractivity contribution in [1.29, 1.82) is 0 Å². The van der Waals surface area contributed by atoms with E-state index in [1.54, 1.807) is 19.1 Å². The number of fused-ring (bicyclic) bond motifs is 1. The van der Waals surface area contributed by atoms with Crippen LogP contribution in [0.3, 0.4) is 0 Å². The van der Waals surface area contributed by atoms with Crippen LogP contribution in [-0.2, 0) is 19.5 Å². The zero-order chi connectivity index (χ0) is 18.0. The molecule has 2 atom stereocenters. The van der Waals surface area contributed by atoms with Gasteiger partial charge in [-0.25, -0.2) is 13.1 Å². The number of hydrogen-bond acceptors (Lipinski definition) is 5. The van der Waals surface area contributed by atoms with E-state index < -0.39 is 10.0 Å². The van der Waals surface area contributed by atoms with E-state index in [4.69, 9.17) is 9.47 Å². The van der Waals surface area contributed by atoms with Crippen molar-refractivity contribution in [2.24, 2.45) is 0 Å². The maximum absolute atomic E-state index is 12.8. The summed E-state index contributed by atoms with van der Waals surface area (Å²) in [4.78, 5) is 14.4. The van der Waals surface area contributed by atoms with Gasteiger partial charge in [-0.2, -0.15) is 0 Å². The minimum Gasteiger partial charge on any atom is -0.379 e. The van der Waals surface area contributed by atoms with Gasteiger partial charge in [-0.1, -0.05) is 0 Å². The molecule has 25 heavy (non-hydrogen) atoms. The lowest BCUT2D eigenvalue weighted by Gasteiger charge is -2.31. The van der Waals surface area contributed by atoms with Crippen molar-refractivity contribution < 1.29 is 17.9 Å². The maximum Gasteiger partial charge on any atom is 0.248 e. The smallest absolute Gasteiger partial charge is 0.248 e. The molecule has 3 rings (SSSR count). The maximum atomic E-state index is 12.8. The Kier molecular flexibility index (Phi) is 5.24. The lowest BCUT2D eigenvalue weighted by Crippen LogP contribution is -2.49. The Labute approximate surface area is 146 Å². The summed E-state index contributed by atoms with van der Waals surface area (Å²) >= 11 is 0. The van der Waals surface area contributed by atoms with Gasteiger partial charge >= 0.3 is 0 Å². The van der Waals surface area contributed by atoms with Crippen LogP contribution in [0.15, 0.2) is 34.0 Å². The molecule has 2 aromatic rings. The number of H-pyrrole nitrogens is 1. The zero-order valence-corrected chi connectivity index (χ0v) is 15.1. The Hall–Kier alpha value is -1.74. The predicted molar refractivity (Wildman–Crippen MR) is 94.3 cm³/mol. The van der Waals surface area contributed by atoms with Crippen molar-refractivity contribution >= 4 is 20.9 Å². The van der Waals surface area contributed by atoms with E-state index in [1.165, 1.54) is 12.1 Å². The van der Waals surface area contributed by atoms with E-state index in [0.29, 0.717) is 37.1 Å². The second-order valence-corrected chi connectivity index (χ2v) is 7.82. The van der Waals surface area contributed by atoms with Gasteiger partial charge in [0.2, 0.25) is 15.6 Å². The number of aromatic nitrogens is 1. The standard InChI is InChI=1S/C17H22N2O5S/c1-3-24-16-10-23-7-6-15(16)19-25(21,22)12-4-5-14-13(9-12)11(2)8-17(20)18-14/h4-5,8-9,15-16,19H,3,6-7,10H2,1-2H3,(H,18,20)/t15-,16-/m1/s1. The summed E-state index contributed by atoms with van der Waals surface area (Å²) in [5.41, 5.74) is 1.14.